The van der Waals surface area contributed by atoms with Gasteiger partial charge in [0.05, 0.1) is 11.1 Å². The van der Waals surface area contributed by atoms with Crippen LogP contribution in [0.25, 0.3) is 55.0 Å². The second-order valence-electron chi connectivity index (χ2n) is 20.5. The molecule has 4 aromatic carbocycles. The fourth-order valence-corrected chi connectivity index (χ4v) is 10.4. The van der Waals surface area contributed by atoms with E-state index in [9.17, 15) is 108 Å². The molecule has 0 bridgehead atoms. The van der Waals surface area contributed by atoms with Crippen LogP contribution in [0, 0.1) is 0 Å². The van der Waals surface area contributed by atoms with Gasteiger partial charge >= 0.3 is 72.9 Å². The van der Waals surface area contributed by atoms with Gasteiger partial charge in [-0.05, 0) is 48.0 Å². The number of nitrogens with zero attached hydrogens (tertiary/aromatic N) is 7. The number of rotatable bonds is 14. The molecule has 21 nitrogen and oxygen atoms in total. The number of para-hydroxylation sites is 1. The smallest absolute Gasteiger partial charge is 0.419 e. The number of aromatic nitrogens is 5. The van der Waals surface area contributed by atoms with E-state index in [1.54, 1.807) is 35.2 Å². The third kappa shape index (κ3) is 14.3. The van der Waals surface area contributed by atoms with Crippen molar-refractivity contribution in [2.24, 2.45) is 0 Å². The summed E-state index contributed by atoms with van der Waals surface area (Å²) in [5.74, 6) is -35.7. The number of aromatic amines is 2. The topological polar surface area (TPSA) is 233 Å². The molecule has 8 aromatic rings. The molecule has 504 valence electrons. The first-order valence-electron chi connectivity index (χ1n) is 26.9. The molecule has 39 heteroatoms. The molecule has 0 aliphatic carbocycles. The fourth-order valence-electron chi connectivity index (χ4n) is 10.4. The molecular formula is C56H37F18N9O12. The Balaban J connectivity index is 1.32. The summed E-state index contributed by atoms with van der Waals surface area (Å²) in [7, 11) is 0. The summed E-state index contributed by atoms with van der Waals surface area (Å²) in [5, 5.41) is -1.47. The zero-order valence-electron chi connectivity index (χ0n) is 47.1. The van der Waals surface area contributed by atoms with Crippen LogP contribution in [-0.2, 0) is 41.9 Å². The van der Waals surface area contributed by atoms with Crippen molar-refractivity contribution in [3.05, 3.63) is 103 Å². The number of halogens is 18. The first kappa shape index (κ1) is 67.5. The van der Waals surface area contributed by atoms with Crippen LogP contribution in [0.5, 0.6) is 28.7 Å². The van der Waals surface area contributed by atoms with Crippen LogP contribution in [-0.4, -0.2) is 160 Å². The van der Waals surface area contributed by atoms with Gasteiger partial charge in [-0.2, -0.15) is 83.8 Å². The van der Waals surface area contributed by atoms with E-state index in [2.05, 4.69) is 43.7 Å². The van der Waals surface area contributed by atoms with Crippen LogP contribution in [0.4, 0.5) is 90.7 Å². The number of H-pyrrole nitrogens is 2. The molecule has 2 aliphatic rings. The van der Waals surface area contributed by atoms with Crippen molar-refractivity contribution >= 4 is 80.2 Å². The summed E-state index contributed by atoms with van der Waals surface area (Å²) < 4.78 is 282. The first-order valence-corrected chi connectivity index (χ1v) is 26.9. The summed E-state index contributed by atoms with van der Waals surface area (Å²) in [6.45, 7) is -1.70. The van der Waals surface area contributed by atoms with Gasteiger partial charge in [0.1, 0.15) is 11.3 Å². The largest absolute Gasteiger partial charge is 0.493 e. The molecule has 0 radical (unpaired) electrons. The average Bonchev–Trinajstić information content (AvgIpc) is 1.57. The monoisotopic (exact) mass is 1370 g/mol. The maximum atomic E-state index is 14.7. The van der Waals surface area contributed by atoms with Crippen molar-refractivity contribution < 1.29 is 136 Å². The number of nitrogens with one attached hydrogen (secondary N) is 2. The number of anilines is 2. The minimum atomic E-state index is -6.62. The lowest BCUT2D eigenvalue weighted by molar-refractivity contribution is -0.199. The third-order valence-corrected chi connectivity index (χ3v) is 14.4. The lowest BCUT2D eigenvalue weighted by Gasteiger charge is -2.36. The van der Waals surface area contributed by atoms with Gasteiger partial charge in [-0.1, -0.05) is 30.3 Å². The van der Waals surface area contributed by atoms with E-state index in [-0.39, 0.29) is 60.4 Å². The summed E-state index contributed by atoms with van der Waals surface area (Å²) in [4.78, 5) is 104. The number of carbonyl (C=O) groups is 6. The number of hydrogen-bond acceptors (Lipinski definition) is 18. The van der Waals surface area contributed by atoms with E-state index in [4.69, 9.17) is 4.74 Å². The van der Waals surface area contributed by atoms with Crippen LogP contribution in [0.2, 0.25) is 0 Å². The maximum absolute atomic E-state index is 14.7. The van der Waals surface area contributed by atoms with Crippen molar-refractivity contribution in [3.8, 4) is 51.0 Å². The molecule has 2 fully saturated rings. The predicted octanol–water partition coefficient (Wildman–Crippen LogP) is 10.2. The summed E-state index contributed by atoms with van der Waals surface area (Å²) in [5.41, 5.74) is -6.00. The van der Waals surface area contributed by atoms with Gasteiger partial charge in [0.25, 0.3) is 0 Å². The molecule has 0 atom stereocenters. The Kier molecular flexibility index (Phi) is 17.9. The second-order valence-corrected chi connectivity index (χ2v) is 20.5. The number of fused-ring (bicyclic) bond motifs is 3. The zero-order valence-corrected chi connectivity index (χ0v) is 47.1. The van der Waals surface area contributed by atoms with Crippen LogP contribution < -0.4 is 38.3 Å². The molecule has 10 rings (SSSR count). The van der Waals surface area contributed by atoms with E-state index in [0.29, 0.717) is 47.8 Å². The lowest BCUT2D eigenvalue weighted by Crippen LogP contribution is -2.46. The van der Waals surface area contributed by atoms with Crippen LogP contribution in [0.3, 0.4) is 0 Å². The number of esters is 5. The molecule has 0 saturated carbocycles. The minimum absolute atomic E-state index is 0.0128. The molecule has 0 spiro atoms. The van der Waals surface area contributed by atoms with Crippen molar-refractivity contribution in [1.82, 2.24) is 34.5 Å². The molecule has 2 aliphatic heterocycles. The van der Waals surface area contributed by atoms with Gasteiger partial charge in [0.15, 0.2) is 5.75 Å². The van der Waals surface area contributed by atoms with Crippen molar-refractivity contribution in [2.45, 2.75) is 50.1 Å². The van der Waals surface area contributed by atoms with Gasteiger partial charge in [-0.3, -0.25) is 9.80 Å². The maximum Gasteiger partial charge on any atom is 0.493 e. The standard InChI is InChI=1S/C56H37F18N9O12/c57-51(58,59)44(84)90-35-23-26(36-28-5-1-2-6-31(28)78-32(36)24-79-17-21-82(22-18-79)50-76-12-4-13-77-50)9-10-29(35)37-34(25-80-15-19-81(20-16-80)33-8-3-7-30-27(33)11-14-75-30)83(95-49(89)56(72,73)74)39-38(37)40(91-45(85)52(60,61)62)42(93-47(87)54(66,67)68)43(94-48(88)55(69,70)71)41(39)92-46(86)53(63,64)65/h1-14,23,75,78H,15-22,24-25H2. The van der Waals surface area contributed by atoms with Crippen LogP contribution in [0.15, 0.2) is 91.4 Å². The Labute approximate surface area is 516 Å². The van der Waals surface area contributed by atoms with E-state index in [0.717, 1.165) is 11.0 Å². The number of carbonyl (C=O) groups excluding carboxylic acids is 6. The van der Waals surface area contributed by atoms with Gasteiger partial charge in [-0.15, -0.1) is 0 Å². The van der Waals surface area contributed by atoms with Gasteiger partial charge in [0, 0.05) is 134 Å². The number of piperazine rings is 2. The lowest BCUT2D eigenvalue weighted by atomic mass is 9.94. The summed E-state index contributed by atoms with van der Waals surface area (Å²) >= 11 is 0. The number of hydrogen-bond donors (Lipinski definition) is 2. The third-order valence-electron chi connectivity index (χ3n) is 14.4. The molecule has 4 aromatic heterocycles. The molecule has 6 heterocycles. The summed E-state index contributed by atoms with van der Waals surface area (Å²) in [6.07, 6.45) is -34.5. The number of alkyl halides is 18. The van der Waals surface area contributed by atoms with Gasteiger partial charge in [0.2, 0.25) is 23.2 Å². The zero-order chi connectivity index (χ0) is 69.1. The Morgan fingerprint density at radius 3 is 1.53 bits per heavy atom. The Hall–Kier alpha value is -10.3. The summed E-state index contributed by atoms with van der Waals surface area (Å²) in [6, 6.07) is 15.8. The molecule has 0 unspecified atom stereocenters. The molecular weight excluding hydrogens is 1330 g/mol. The highest BCUT2D eigenvalue weighted by Gasteiger charge is 2.52. The highest BCUT2D eigenvalue weighted by atomic mass is 19.4. The Morgan fingerprint density at radius 2 is 0.958 bits per heavy atom. The molecule has 95 heavy (non-hydrogen) atoms. The normalized spacial score (nSPS) is 14.9. The second kappa shape index (κ2) is 25.2. The molecule has 2 saturated heterocycles. The fraction of sp³-hybridized carbons (Fsp3) is 0.286. The SMILES string of the molecule is O=C(Oc1cc(-c2c(CN3CCN(c4ncccn4)CC3)[nH]c3ccccc23)ccc1-c1c(CN2CCN(c3cccc4[nH]ccc34)CC2)n(OC(=O)C(F)(F)F)c2c(OC(=O)C(F)(F)F)c(OC(=O)C(F)(F)F)c(OC(=O)C(F)(F)F)c(OC(=O)C(F)(F)F)c12)C(F)(F)F. The Morgan fingerprint density at radius 1 is 0.463 bits per heavy atom. The van der Waals surface area contributed by atoms with E-state index in [1.165, 1.54) is 42.9 Å². The first-order chi connectivity index (χ1) is 44.4. The highest BCUT2D eigenvalue weighted by Crippen LogP contribution is 2.58. The average molecular weight is 1370 g/mol. The minimum Gasteiger partial charge on any atom is -0.419 e. The van der Waals surface area contributed by atoms with Crippen molar-refractivity contribution in [2.75, 3.05) is 62.2 Å². The predicted molar refractivity (Wildman–Crippen MR) is 286 cm³/mol. The van der Waals surface area contributed by atoms with Gasteiger partial charge < -0.3 is 48.3 Å². The molecule has 0 amide bonds. The van der Waals surface area contributed by atoms with Gasteiger partial charge in [-0.25, -0.2) is 38.7 Å². The van der Waals surface area contributed by atoms with Crippen LogP contribution in [0.1, 0.15) is 11.4 Å². The van der Waals surface area contributed by atoms with Crippen LogP contribution >= 0.6 is 0 Å². The Bertz CT molecular complexity index is 4310. The highest BCUT2D eigenvalue weighted by molar-refractivity contribution is 6.12. The number of ether oxygens (including phenoxy) is 5. The van der Waals surface area contributed by atoms with E-state index >= 15 is 0 Å². The van der Waals surface area contributed by atoms with E-state index < -0.39 is 154 Å². The van der Waals surface area contributed by atoms with Crippen molar-refractivity contribution in [3.63, 3.8) is 0 Å². The molecule has 2 N–H and O–H groups in total. The van der Waals surface area contributed by atoms with Crippen molar-refractivity contribution in [1.29, 1.82) is 0 Å². The number of benzene rings is 4. The van der Waals surface area contributed by atoms with E-state index in [1.807, 2.05) is 9.80 Å². The quantitative estimate of drug-likeness (QED) is 0.0585.